The second kappa shape index (κ2) is 24.2. The number of nitrogens with zero attached hydrogens (tertiary/aromatic N) is 2. The molecular formula is C52H62N12O9. The van der Waals surface area contributed by atoms with E-state index in [0.717, 1.165) is 21.8 Å². The average molecular weight is 999 g/mol. The largest absolute Gasteiger partial charge is 0.480 e. The van der Waals surface area contributed by atoms with E-state index in [2.05, 4.69) is 46.5 Å². The van der Waals surface area contributed by atoms with Crippen molar-refractivity contribution in [3.8, 4) is 0 Å². The predicted octanol–water partition coefficient (Wildman–Crippen LogP) is 1.39. The van der Waals surface area contributed by atoms with Crippen LogP contribution in [0.5, 0.6) is 0 Å². The Bertz CT molecular complexity index is 2920. The molecule has 13 N–H and O–H groups in total. The molecule has 7 rings (SSSR count). The van der Waals surface area contributed by atoms with Crippen molar-refractivity contribution >= 4 is 69.1 Å². The van der Waals surface area contributed by atoms with Crippen molar-refractivity contribution in [1.82, 2.24) is 51.4 Å². The highest BCUT2D eigenvalue weighted by Crippen LogP contribution is 2.24. The van der Waals surface area contributed by atoms with Crippen molar-refractivity contribution in [2.45, 2.75) is 108 Å². The molecule has 1 saturated heterocycles. The minimum Gasteiger partial charge on any atom is -0.480 e. The fourth-order valence-corrected chi connectivity index (χ4v) is 9.20. The van der Waals surface area contributed by atoms with Gasteiger partial charge in [0.2, 0.25) is 41.4 Å². The average Bonchev–Trinajstić information content (AvgIpc) is 4.21. The van der Waals surface area contributed by atoms with E-state index in [9.17, 15) is 43.5 Å². The van der Waals surface area contributed by atoms with Crippen LogP contribution in [-0.2, 0) is 64.0 Å². The maximum absolute atomic E-state index is 14.9. The molecule has 0 aliphatic carbocycles. The van der Waals surface area contributed by atoms with Gasteiger partial charge in [0.15, 0.2) is 0 Å². The van der Waals surface area contributed by atoms with E-state index >= 15 is 0 Å². The molecule has 7 amide bonds. The highest BCUT2D eigenvalue weighted by atomic mass is 16.4. The molecule has 384 valence electrons. The molecule has 21 heteroatoms. The van der Waals surface area contributed by atoms with Crippen molar-refractivity contribution in [2.24, 2.45) is 17.4 Å². The summed E-state index contributed by atoms with van der Waals surface area (Å²) in [7, 11) is 0. The molecule has 0 bridgehead atoms. The highest BCUT2D eigenvalue weighted by molar-refractivity contribution is 5.98. The molecule has 3 aromatic carbocycles. The number of primary amides is 1. The van der Waals surface area contributed by atoms with Crippen molar-refractivity contribution in [3.63, 3.8) is 0 Å². The van der Waals surface area contributed by atoms with Crippen molar-refractivity contribution in [2.75, 3.05) is 6.54 Å². The maximum Gasteiger partial charge on any atom is 0.326 e. The van der Waals surface area contributed by atoms with Gasteiger partial charge in [0, 0.05) is 78.3 Å². The number of imidazole rings is 1. The number of rotatable bonds is 24. The Balaban J connectivity index is 1.12. The Labute approximate surface area is 420 Å². The first-order chi connectivity index (χ1) is 35.0. The molecule has 1 aliphatic heterocycles. The molecule has 0 unspecified atom stereocenters. The number of carbonyl (C=O) groups excluding carboxylic acids is 7. The number of carboxylic acids is 1. The number of carbonyl (C=O) groups is 8. The van der Waals surface area contributed by atoms with E-state index < -0.39 is 96.0 Å². The van der Waals surface area contributed by atoms with E-state index in [1.54, 1.807) is 42.7 Å². The number of hydrogen-bond acceptors (Lipinski definition) is 10. The van der Waals surface area contributed by atoms with Crippen LogP contribution in [0, 0.1) is 5.92 Å². The van der Waals surface area contributed by atoms with Crippen LogP contribution in [-0.4, -0.2) is 126 Å². The summed E-state index contributed by atoms with van der Waals surface area (Å²) in [5.74, 6) is -6.45. The van der Waals surface area contributed by atoms with Crippen molar-refractivity contribution in [1.29, 1.82) is 0 Å². The zero-order chi connectivity index (χ0) is 52.2. The van der Waals surface area contributed by atoms with Crippen LogP contribution in [0.15, 0.2) is 104 Å². The first kappa shape index (κ1) is 52.5. The number of aliphatic carboxylic acids is 1. The summed E-state index contributed by atoms with van der Waals surface area (Å²) < 4.78 is 0. The van der Waals surface area contributed by atoms with Crippen molar-refractivity contribution < 1.29 is 43.5 Å². The quantitative estimate of drug-likeness (QED) is 0.0412. The second-order valence-electron chi connectivity index (χ2n) is 18.8. The second-order valence-corrected chi connectivity index (χ2v) is 18.8. The molecule has 1 fully saturated rings. The first-order valence-corrected chi connectivity index (χ1v) is 24.2. The normalized spacial score (nSPS) is 15.9. The fraction of sp³-hybridized carbons (Fsp3) is 0.365. The van der Waals surface area contributed by atoms with Gasteiger partial charge in [-0.05, 0) is 54.0 Å². The molecule has 73 heavy (non-hydrogen) atoms. The van der Waals surface area contributed by atoms with Gasteiger partial charge in [-0.2, -0.15) is 0 Å². The van der Waals surface area contributed by atoms with Gasteiger partial charge in [0.1, 0.15) is 36.3 Å². The molecular weight excluding hydrogens is 937 g/mol. The van der Waals surface area contributed by atoms with Crippen LogP contribution in [0.3, 0.4) is 0 Å². The zero-order valence-corrected chi connectivity index (χ0v) is 40.6. The Morgan fingerprint density at radius 3 is 1.81 bits per heavy atom. The van der Waals surface area contributed by atoms with Gasteiger partial charge in [-0.15, -0.1) is 0 Å². The summed E-state index contributed by atoms with van der Waals surface area (Å²) in [6, 6.07) is 14.8. The SMILES string of the molecule is CC(C)C[C@H](NC(=O)[C@@H](N)CC(N)=O)C(=O)N[C@@H](Cc1c[nH]c2ccccc12)C(=O)N1CCC[C@H]1C(=O)N[C@@H](Cc1cnc[nH]1)C(=O)N[C@@H](Cc1ccccc1)C(=O)N[C@@H](Cc1c[nH]c2ccccc12)C(=O)O. The predicted molar refractivity (Wildman–Crippen MR) is 270 cm³/mol. The van der Waals surface area contributed by atoms with Crippen LogP contribution in [0.1, 0.15) is 61.9 Å². The number of amides is 7. The number of nitrogens with one attached hydrogen (secondary N) is 8. The van der Waals surface area contributed by atoms with Gasteiger partial charge in [0.25, 0.3) is 0 Å². The van der Waals surface area contributed by atoms with E-state index in [0.29, 0.717) is 28.8 Å². The summed E-state index contributed by atoms with van der Waals surface area (Å²) in [4.78, 5) is 124. The van der Waals surface area contributed by atoms with Crippen LogP contribution in [0.4, 0.5) is 0 Å². The third-order valence-corrected chi connectivity index (χ3v) is 12.9. The van der Waals surface area contributed by atoms with Gasteiger partial charge in [-0.25, -0.2) is 9.78 Å². The Kier molecular flexibility index (Phi) is 17.4. The maximum atomic E-state index is 14.9. The monoisotopic (exact) mass is 998 g/mol. The lowest BCUT2D eigenvalue weighted by Gasteiger charge is -2.31. The van der Waals surface area contributed by atoms with Crippen molar-refractivity contribution in [3.05, 3.63) is 126 Å². The molecule has 0 spiro atoms. The number of nitrogens with two attached hydrogens (primary N) is 2. The van der Waals surface area contributed by atoms with Gasteiger partial charge in [-0.1, -0.05) is 80.6 Å². The number of fused-ring (bicyclic) bond motifs is 2. The van der Waals surface area contributed by atoms with E-state index in [1.165, 1.54) is 17.4 Å². The van der Waals surface area contributed by atoms with E-state index in [1.807, 2.05) is 62.4 Å². The molecule has 21 nitrogen and oxygen atoms in total. The van der Waals surface area contributed by atoms with Gasteiger partial charge in [-0.3, -0.25) is 33.6 Å². The molecule has 0 saturated carbocycles. The minimum absolute atomic E-state index is 0.0107. The Morgan fingerprint density at radius 1 is 0.671 bits per heavy atom. The lowest BCUT2D eigenvalue weighted by atomic mass is 10.00. The number of benzene rings is 3. The summed E-state index contributed by atoms with van der Waals surface area (Å²) in [5, 5.41) is 25.6. The van der Waals surface area contributed by atoms with Gasteiger partial charge in [0.05, 0.1) is 18.8 Å². The molecule has 3 aromatic heterocycles. The van der Waals surface area contributed by atoms with Crippen LogP contribution >= 0.6 is 0 Å². The number of hydrogen-bond donors (Lipinski definition) is 11. The minimum atomic E-state index is -1.37. The Morgan fingerprint density at radius 2 is 1.22 bits per heavy atom. The standard InChI is InChI=1S/C52H62N12O9/c1-29(2)19-39(59-46(66)36(53)24-45(54)65)47(67)62-42(21-31-25-56-37-15-8-6-13-34(31)37)51(71)64-18-10-17-44(64)50(70)61-41(23-33-27-55-28-58-33)49(69)60-40(20-30-11-4-3-5-12-30)48(68)63-43(52(72)73)22-32-26-57-38-16-9-7-14-35(32)38/h3-9,11-16,25-29,36,39-44,56-57H,10,17-24,53H2,1-2H3,(H2,54,65)(H,55,58)(H,59,66)(H,60,69)(H,61,70)(H,62,67)(H,63,68)(H,72,73)/t36-,39-,40-,41-,42-,43-,44-/m0/s1. The first-order valence-electron chi connectivity index (χ1n) is 24.2. The summed E-state index contributed by atoms with van der Waals surface area (Å²) in [5.41, 5.74) is 15.3. The summed E-state index contributed by atoms with van der Waals surface area (Å²) in [6.45, 7) is 3.82. The van der Waals surface area contributed by atoms with Crippen LogP contribution in [0.25, 0.3) is 21.8 Å². The number of aromatic nitrogens is 4. The van der Waals surface area contributed by atoms with E-state index in [-0.39, 0.29) is 51.0 Å². The topological polar surface area (TPSA) is 332 Å². The summed E-state index contributed by atoms with van der Waals surface area (Å²) in [6.07, 6.45) is 6.42. The number of carboxylic acid groups (broad SMARTS) is 1. The zero-order valence-electron chi connectivity index (χ0n) is 40.6. The molecule has 0 radical (unpaired) electrons. The third-order valence-electron chi connectivity index (χ3n) is 12.9. The van der Waals surface area contributed by atoms with Gasteiger partial charge >= 0.3 is 5.97 Å². The van der Waals surface area contributed by atoms with Crippen LogP contribution < -0.4 is 38.1 Å². The third kappa shape index (κ3) is 13.8. The smallest absolute Gasteiger partial charge is 0.326 e. The molecule has 7 atom stereocenters. The molecule has 4 heterocycles. The molecule has 6 aromatic rings. The lowest BCUT2D eigenvalue weighted by molar-refractivity contribution is -0.143. The number of para-hydroxylation sites is 2. The lowest BCUT2D eigenvalue weighted by Crippen LogP contribution is -2.60. The number of likely N-dealkylation sites (tertiary alicyclic amines) is 1. The fourth-order valence-electron chi connectivity index (χ4n) is 9.20. The summed E-state index contributed by atoms with van der Waals surface area (Å²) >= 11 is 0. The van der Waals surface area contributed by atoms with E-state index in [4.69, 9.17) is 11.5 Å². The van der Waals surface area contributed by atoms with Crippen LogP contribution in [0.2, 0.25) is 0 Å². The van der Waals surface area contributed by atoms with Gasteiger partial charge < -0.3 is 63.0 Å². The number of H-pyrrole nitrogens is 3. The number of aromatic amines is 3. The Hall–Kier alpha value is -8.33. The highest BCUT2D eigenvalue weighted by Gasteiger charge is 2.41. The molecule has 1 aliphatic rings.